The lowest BCUT2D eigenvalue weighted by Crippen LogP contribution is -2.30. The summed E-state index contributed by atoms with van der Waals surface area (Å²) in [6.45, 7) is 6.52. The minimum atomic E-state index is -0.778. The summed E-state index contributed by atoms with van der Waals surface area (Å²) in [4.78, 5) is 38.2. The Morgan fingerprint density at radius 1 is 0.263 bits per heavy atom. The molecule has 80 heavy (non-hydrogen) atoms. The molecule has 0 aliphatic carbocycles. The van der Waals surface area contributed by atoms with Gasteiger partial charge in [0, 0.05) is 19.3 Å². The average Bonchev–Trinajstić information content (AvgIpc) is 3.46. The Kier molecular flexibility index (Phi) is 65.2. The Bertz CT molecular complexity index is 1520. The van der Waals surface area contributed by atoms with Gasteiger partial charge < -0.3 is 14.2 Å². The summed E-state index contributed by atoms with van der Waals surface area (Å²) in [6, 6.07) is 0. The van der Waals surface area contributed by atoms with Gasteiger partial charge in [-0.3, -0.25) is 14.4 Å². The first-order valence-corrected chi connectivity index (χ1v) is 34.6. The van der Waals surface area contributed by atoms with Gasteiger partial charge >= 0.3 is 17.9 Å². The van der Waals surface area contributed by atoms with E-state index in [0.29, 0.717) is 19.3 Å². The van der Waals surface area contributed by atoms with Gasteiger partial charge in [-0.25, -0.2) is 0 Å². The van der Waals surface area contributed by atoms with Crippen molar-refractivity contribution in [3.05, 3.63) is 85.1 Å². The van der Waals surface area contributed by atoms with Crippen LogP contribution in [0.5, 0.6) is 0 Å². The second-order valence-electron chi connectivity index (χ2n) is 23.1. The van der Waals surface area contributed by atoms with E-state index < -0.39 is 6.10 Å². The average molecular weight is 1120 g/mol. The second kappa shape index (κ2) is 68.1. The van der Waals surface area contributed by atoms with Crippen LogP contribution in [0.2, 0.25) is 0 Å². The van der Waals surface area contributed by atoms with Crippen molar-refractivity contribution in [3.8, 4) is 0 Å². The summed E-state index contributed by atoms with van der Waals surface area (Å²) >= 11 is 0. The zero-order valence-corrected chi connectivity index (χ0v) is 53.1. The molecule has 0 fully saturated rings. The quantitative estimate of drug-likeness (QED) is 0.0261. The summed E-state index contributed by atoms with van der Waals surface area (Å²) in [7, 11) is 0. The van der Waals surface area contributed by atoms with Gasteiger partial charge in [-0.2, -0.15) is 0 Å². The maximum Gasteiger partial charge on any atom is 0.306 e. The predicted octanol–water partition coefficient (Wildman–Crippen LogP) is 23.8. The van der Waals surface area contributed by atoms with Gasteiger partial charge in [0.05, 0.1) is 0 Å². The highest BCUT2D eigenvalue weighted by Gasteiger charge is 2.19. The van der Waals surface area contributed by atoms with Gasteiger partial charge in [-0.05, 0) is 96.3 Å². The molecule has 1 atom stereocenters. The van der Waals surface area contributed by atoms with Crippen LogP contribution in [0.1, 0.15) is 348 Å². The third-order valence-electron chi connectivity index (χ3n) is 15.1. The van der Waals surface area contributed by atoms with Crippen LogP contribution in [-0.2, 0) is 28.6 Å². The topological polar surface area (TPSA) is 78.9 Å². The van der Waals surface area contributed by atoms with Crippen molar-refractivity contribution in [1.29, 1.82) is 0 Å². The number of hydrogen-bond acceptors (Lipinski definition) is 6. The van der Waals surface area contributed by atoms with Crippen LogP contribution < -0.4 is 0 Å². The van der Waals surface area contributed by atoms with E-state index in [0.717, 1.165) is 103 Å². The van der Waals surface area contributed by atoms with E-state index in [4.69, 9.17) is 14.2 Å². The first-order valence-electron chi connectivity index (χ1n) is 34.6. The first-order chi connectivity index (χ1) is 39.5. The highest BCUT2D eigenvalue weighted by Crippen LogP contribution is 2.17. The molecule has 6 heteroatoms. The van der Waals surface area contributed by atoms with Crippen LogP contribution in [0.4, 0.5) is 0 Å². The summed E-state index contributed by atoms with van der Waals surface area (Å²) in [5.74, 6) is -0.870. The molecule has 0 N–H and O–H groups in total. The third kappa shape index (κ3) is 65.4. The Labute approximate surface area is 496 Å². The van der Waals surface area contributed by atoms with Gasteiger partial charge in [0.15, 0.2) is 6.10 Å². The fraction of sp³-hybridized carbons (Fsp3) is 0.770. The van der Waals surface area contributed by atoms with Crippen LogP contribution in [0.15, 0.2) is 85.1 Å². The zero-order valence-electron chi connectivity index (χ0n) is 53.1. The minimum absolute atomic E-state index is 0.0752. The number of hydrogen-bond donors (Lipinski definition) is 0. The molecule has 0 saturated heterocycles. The summed E-state index contributed by atoms with van der Waals surface area (Å²) in [5, 5.41) is 0. The molecular formula is C74H130O6. The first kappa shape index (κ1) is 76.6. The van der Waals surface area contributed by atoms with Gasteiger partial charge in [0.1, 0.15) is 13.2 Å². The Morgan fingerprint density at radius 2 is 0.487 bits per heavy atom. The standard InChI is InChI=1S/C74H130O6/c1-4-7-10-13-16-19-21-23-25-27-29-31-33-35-36-37-38-40-41-43-45-47-49-51-53-55-58-61-64-67-73(76)79-70-71(69-78-72(75)66-63-60-57-18-15-12-9-6-3)80-74(77)68-65-62-59-56-54-52-50-48-46-44-42-39-34-32-30-28-26-24-22-20-17-14-11-8-5-2/h8,11,17,20-21,23-24,26-27,29-30,32,39,42,71H,4-7,9-10,12-16,18-19,22,25,28,31,33-38,40-41,43-70H2,1-3H3/b11-8-,20-17-,23-21-,26-24-,29-27-,32-30-,42-39-. The summed E-state index contributed by atoms with van der Waals surface area (Å²) in [5.41, 5.74) is 0. The number of ether oxygens (including phenoxy) is 3. The van der Waals surface area contributed by atoms with E-state index in [1.165, 1.54) is 205 Å². The minimum Gasteiger partial charge on any atom is -0.462 e. The molecule has 0 radical (unpaired) electrons. The molecule has 0 saturated carbocycles. The molecule has 0 aliphatic heterocycles. The number of unbranched alkanes of at least 4 members (excludes halogenated alkanes) is 38. The van der Waals surface area contributed by atoms with Crippen molar-refractivity contribution >= 4 is 17.9 Å². The molecule has 0 aromatic carbocycles. The van der Waals surface area contributed by atoms with Gasteiger partial charge in [-0.1, -0.05) is 318 Å². The number of esters is 3. The third-order valence-corrected chi connectivity index (χ3v) is 15.1. The van der Waals surface area contributed by atoms with Crippen LogP contribution >= 0.6 is 0 Å². The molecular weight excluding hydrogens is 985 g/mol. The normalized spacial score (nSPS) is 12.6. The van der Waals surface area contributed by atoms with Crippen LogP contribution in [0.3, 0.4) is 0 Å². The Balaban J connectivity index is 4.12. The van der Waals surface area contributed by atoms with Gasteiger partial charge in [0.25, 0.3) is 0 Å². The summed E-state index contributed by atoms with van der Waals surface area (Å²) in [6.07, 6.45) is 90.6. The molecule has 0 bridgehead atoms. The van der Waals surface area contributed by atoms with Crippen molar-refractivity contribution in [3.63, 3.8) is 0 Å². The number of carbonyl (C=O) groups is 3. The van der Waals surface area contributed by atoms with Crippen LogP contribution in [0, 0.1) is 0 Å². The molecule has 0 amide bonds. The molecule has 1 unspecified atom stereocenters. The van der Waals surface area contributed by atoms with Gasteiger partial charge in [0.2, 0.25) is 0 Å². The summed E-state index contributed by atoms with van der Waals surface area (Å²) < 4.78 is 16.9. The molecule has 0 aliphatic rings. The molecule has 6 nitrogen and oxygen atoms in total. The molecule has 462 valence electrons. The van der Waals surface area contributed by atoms with Gasteiger partial charge in [-0.15, -0.1) is 0 Å². The highest BCUT2D eigenvalue weighted by atomic mass is 16.6. The monoisotopic (exact) mass is 1110 g/mol. The van der Waals surface area contributed by atoms with Crippen molar-refractivity contribution in [2.45, 2.75) is 354 Å². The maximum absolute atomic E-state index is 12.9. The molecule has 0 aromatic heterocycles. The fourth-order valence-corrected chi connectivity index (χ4v) is 9.97. The number of rotatable bonds is 63. The molecule has 0 heterocycles. The SMILES string of the molecule is CC/C=C\C/C=C\C/C=C\C/C=C\C/C=C\CCCCCCCCCCCC(=O)OC(COC(=O)CCCCCCCCCC)COC(=O)CCCCCCCCCCCCCCCCCCC/C=C\C/C=C\CCCCCCC. The fourth-order valence-electron chi connectivity index (χ4n) is 9.97. The van der Waals surface area contributed by atoms with Crippen molar-refractivity contribution in [1.82, 2.24) is 0 Å². The lowest BCUT2D eigenvalue weighted by Gasteiger charge is -2.18. The maximum atomic E-state index is 12.9. The molecule has 0 spiro atoms. The Hall–Kier alpha value is -3.41. The van der Waals surface area contributed by atoms with E-state index in [1.807, 2.05) is 0 Å². The second-order valence-corrected chi connectivity index (χ2v) is 23.1. The molecule has 0 aromatic rings. The zero-order chi connectivity index (χ0) is 57.8. The van der Waals surface area contributed by atoms with E-state index >= 15 is 0 Å². The highest BCUT2D eigenvalue weighted by molar-refractivity contribution is 5.71. The van der Waals surface area contributed by atoms with E-state index in [9.17, 15) is 14.4 Å². The number of carbonyl (C=O) groups excluding carboxylic acids is 3. The van der Waals surface area contributed by atoms with E-state index in [-0.39, 0.29) is 31.1 Å². The van der Waals surface area contributed by atoms with E-state index in [2.05, 4.69) is 106 Å². The van der Waals surface area contributed by atoms with Crippen molar-refractivity contribution in [2.75, 3.05) is 13.2 Å². The van der Waals surface area contributed by atoms with Crippen molar-refractivity contribution in [2.24, 2.45) is 0 Å². The van der Waals surface area contributed by atoms with Crippen LogP contribution in [-0.4, -0.2) is 37.2 Å². The largest absolute Gasteiger partial charge is 0.462 e. The number of allylic oxidation sites excluding steroid dienone is 14. The van der Waals surface area contributed by atoms with E-state index in [1.54, 1.807) is 0 Å². The molecule has 0 rings (SSSR count). The predicted molar refractivity (Wildman–Crippen MR) is 348 cm³/mol. The van der Waals surface area contributed by atoms with Crippen LogP contribution in [0.25, 0.3) is 0 Å². The lowest BCUT2D eigenvalue weighted by molar-refractivity contribution is -0.167. The van der Waals surface area contributed by atoms with Crippen molar-refractivity contribution < 1.29 is 28.6 Å². The smallest absolute Gasteiger partial charge is 0.306 e. The Morgan fingerprint density at radius 3 is 0.762 bits per heavy atom. The lowest BCUT2D eigenvalue weighted by atomic mass is 10.0.